The van der Waals surface area contributed by atoms with Crippen molar-refractivity contribution in [2.75, 3.05) is 6.54 Å². The van der Waals surface area contributed by atoms with Gasteiger partial charge in [-0.2, -0.15) is 0 Å². The molecule has 0 saturated heterocycles. The van der Waals surface area contributed by atoms with Gasteiger partial charge < -0.3 is 16.0 Å². The maximum Gasteiger partial charge on any atom is 0.236 e. The summed E-state index contributed by atoms with van der Waals surface area (Å²) in [7, 11) is 0. The molecule has 4 N–H and O–H groups in total. The Morgan fingerprint density at radius 2 is 1.87 bits per heavy atom. The van der Waals surface area contributed by atoms with E-state index in [1.54, 1.807) is 12.1 Å². The molecule has 0 bridgehead atoms. The SMILES string of the molecule is CCC(N)C(=O)NCC1CC(c2c(-c3ccc(F)cc3)[nH]c3c(F)cc(F)cc23)C1. The predicted molar refractivity (Wildman–Crippen MR) is 110 cm³/mol. The highest BCUT2D eigenvalue weighted by Crippen LogP contribution is 2.48. The number of benzene rings is 2. The minimum atomic E-state index is -0.656. The molecule has 0 aliphatic heterocycles. The van der Waals surface area contributed by atoms with Crippen LogP contribution in [0.3, 0.4) is 0 Å². The largest absolute Gasteiger partial charge is 0.354 e. The molecule has 1 heterocycles. The number of rotatable bonds is 6. The molecule has 1 amide bonds. The van der Waals surface area contributed by atoms with E-state index < -0.39 is 17.7 Å². The van der Waals surface area contributed by atoms with E-state index in [2.05, 4.69) is 10.3 Å². The van der Waals surface area contributed by atoms with E-state index in [-0.39, 0.29) is 29.1 Å². The van der Waals surface area contributed by atoms with Crippen LogP contribution >= 0.6 is 0 Å². The lowest BCUT2D eigenvalue weighted by Gasteiger charge is -2.36. The molecule has 3 aromatic rings. The van der Waals surface area contributed by atoms with Crippen molar-refractivity contribution >= 4 is 16.8 Å². The Morgan fingerprint density at radius 3 is 2.53 bits per heavy atom. The molecule has 0 spiro atoms. The van der Waals surface area contributed by atoms with Gasteiger partial charge in [-0.15, -0.1) is 0 Å². The first-order chi connectivity index (χ1) is 14.4. The highest BCUT2D eigenvalue weighted by Gasteiger charge is 2.35. The van der Waals surface area contributed by atoms with Crippen molar-refractivity contribution in [3.63, 3.8) is 0 Å². The zero-order valence-electron chi connectivity index (χ0n) is 16.6. The Balaban J connectivity index is 1.61. The molecular formula is C23H24F3N3O. The number of hydrogen-bond donors (Lipinski definition) is 3. The molecule has 4 rings (SSSR count). The van der Waals surface area contributed by atoms with Crippen molar-refractivity contribution in [2.24, 2.45) is 11.7 Å². The minimum Gasteiger partial charge on any atom is -0.354 e. The number of fused-ring (bicyclic) bond motifs is 1. The van der Waals surface area contributed by atoms with Crippen LogP contribution in [0.15, 0.2) is 36.4 Å². The summed E-state index contributed by atoms with van der Waals surface area (Å²) in [6.45, 7) is 2.38. The summed E-state index contributed by atoms with van der Waals surface area (Å²) >= 11 is 0. The van der Waals surface area contributed by atoms with Crippen LogP contribution in [-0.4, -0.2) is 23.5 Å². The van der Waals surface area contributed by atoms with E-state index in [0.717, 1.165) is 24.5 Å². The third-order valence-corrected chi connectivity index (χ3v) is 5.98. The Morgan fingerprint density at radius 1 is 1.17 bits per heavy atom. The van der Waals surface area contributed by atoms with E-state index >= 15 is 0 Å². The second-order valence-corrected chi connectivity index (χ2v) is 8.02. The lowest BCUT2D eigenvalue weighted by Crippen LogP contribution is -2.43. The van der Waals surface area contributed by atoms with Gasteiger partial charge in [-0.25, -0.2) is 13.2 Å². The van der Waals surface area contributed by atoms with Gasteiger partial charge in [-0.1, -0.05) is 6.92 Å². The van der Waals surface area contributed by atoms with E-state index in [1.807, 2.05) is 6.92 Å². The summed E-state index contributed by atoms with van der Waals surface area (Å²) in [6.07, 6.45) is 2.13. The molecule has 7 heteroatoms. The molecular weight excluding hydrogens is 391 g/mol. The number of carbonyl (C=O) groups is 1. The van der Waals surface area contributed by atoms with E-state index in [1.165, 1.54) is 18.2 Å². The zero-order valence-corrected chi connectivity index (χ0v) is 16.6. The second kappa shape index (κ2) is 8.14. The molecule has 1 fully saturated rings. The van der Waals surface area contributed by atoms with Gasteiger partial charge in [0.15, 0.2) is 0 Å². The summed E-state index contributed by atoms with van der Waals surface area (Å²) in [4.78, 5) is 15.0. The molecule has 0 radical (unpaired) electrons. The van der Waals surface area contributed by atoms with E-state index in [4.69, 9.17) is 5.73 Å². The standard InChI is InChI=1S/C23H24F3N3O/c1-2-19(27)23(30)28-11-12-7-14(8-12)20-17-9-16(25)10-18(26)22(17)29-21(20)13-3-5-15(24)6-4-13/h3-6,9-10,12,14,19,29H,2,7-8,11,27H2,1H3,(H,28,30). The molecule has 1 unspecified atom stereocenters. The Kier molecular flexibility index (Phi) is 5.56. The van der Waals surface area contributed by atoms with Crippen LogP contribution in [0.2, 0.25) is 0 Å². The van der Waals surface area contributed by atoms with Crippen molar-refractivity contribution < 1.29 is 18.0 Å². The summed E-state index contributed by atoms with van der Waals surface area (Å²) in [5.41, 5.74) is 8.21. The number of halogens is 3. The number of hydrogen-bond acceptors (Lipinski definition) is 2. The van der Waals surface area contributed by atoms with Crippen LogP contribution in [0.25, 0.3) is 22.2 Å². The third-order valence-electron chi connectivity index (χ3n) is 5.98. The van der Waals surface area contributed by atoms with E-state index in [0.29, 0.717) is 29.6 Å². The van der Waals surface area contributed by atoms with Gasteiger partial charge >= 0.3 is 0 Å². The smallest absolute Gasteiger partial charge is 0.236 e. The molecule has 1 aliphatic rings. The average Bonchev–Trinajstić information content (AvgIpc) is 3.06. The van der Waals surface area contributed by atoms with Crippen LogP contribution in [0.5, 0.6) is 0 Å². The number of nitrogens with one attached hydrogen (secondary N) is 2. The summed E-state index contributed by atoms with van der Waals surface area (Å²) in [5, 5.41) is 3.38. The molecule has 30 heavy (non-hydrogen) atoms. The molecule has 2 aromatic carbocycles. The van der Waals surface area contributed by atoms with Crippen molar-refractivity contribution in [1.82, 2.24) is 10.3 Å². The fraction of sp³-hybridized carbons (Fsp3) is 0.348. The Hall–Kier alpha value is -2.80. The van der Waals surface area contributed by atoms with Crippen molar-refractivity contribution in [2.45, 2.75) is 38.1 Å². The highest BCUT2D eigenvalue weighted by molar-refractivity contribution is 5.92. The minimum absolute atomic E-state index is 0.0850. The number of carbonyl (C=O) groups excluding carboxylic acids is 1. The number of aromatic amines is 1. The average molecular weight is 415 g/mol. The Bertz CT molecular complexity index is 1070. The summed E-state index contributed by atoms with van der Waals surface area (Å²) in [6, 6.07) is 7.63. The van der Waals surface area contributed by atoms with Gasteiger partial charge in [-0.3, -0.25) is 4.79 Å². The van der Waals surface area contributed by atoms with Gasteiger partial charge in [0, 0.05) is 18.0 Å². The predicted octanol–water partition coefficient (Wildman–Crippen LogP) is 4.60. The molecule has 4 nitrogen and oxygen atoms in total. The number of H-pyrrole nitrogens is 1. The molecule has 1 aliphatic carbocycles. The molecule has 1 saturated carbocycles. The monoisotopic (exact) mass is 415 g/mol. The van der Waals surface area contributed by atoms with Gasteiger partial charge in [0.2, 0.25) is 5.91 Å². The fourth-order valence-electron chi connectivity index (χ4n) is 4.21. The number of amides is 1. The van der Waals surface area contributed by atoms with E-state index in [9.17, 15) is 18.0 Å². The Labute approximate surface area is 172 Å². The van der Waals surface area contributed by atoms with Crippen molar-refractivity contribution in [3.05, 3.63) is 59.4 Å². The van der Waals surface area contributed by atoms with Gasteiger partial charge in [0.25, 0.3) is 0 Å². The maximum atomic E-state index is 14.4. The first-order valence-corrected chi connectivity index (χ1v) is 10.2. The first-order valence-electron chi connectivity index (χ1n) is 10.2. The quantitative estimate of drug-likeness (QED) is 0.551. The van der Waals surface area contributed by atoms with Gasteiger partial charge in [0.1, 0.15) is 17.5 Å². The molecule has 158 valence electrons. The van der Waals surface area contributed by atoms with Crippen LogP contribution in [0.1, 0.15) is 37.7 Å². The normalized spacial score (nSPS) is 19.5. The zero-order chi connectivity index (χ0) is 21.4. The summed E-state index contributed by atoms with van der Waals surface area (Å²) < 4.78 is 41.8. The first kappa shape index (κ1) is 20.5. The van der Waals surface area contributed by atoms with Crippen LogP contribution in [0, 0.1) is 23.4 Å². The molecule has 1 atom stereocenters. The fourth-order valence-corrected chi connectivity index (χ4v) is 4.21. The summed E-state index contributed by atoms with van der Waals surface area (Å²) in [5.74, 6) is -1.46. The number of nitrogens with two attached hydrogens (primary N) is 1. The maximum absolute atomic E-state index is 14.4. The van der Waals surface area contributed by atoms with Crippen LogP contribution < -0.4 is 11.1 Å². The van der Waals surface area contributed by atoms with Crippen molar-refractivity contribution in [3.8, 4) is 11.3 Å². The highest BCUT2D eigenvalue weighted by atomic mass is 19.1. The van der Waals surface area contributed by atoms with Crippen LogP contribution in [-0.2, 0) is 4.79 Å². The van der Waals surface area contributed by atoms with Gasteiger partial charge in [-0.05, 0) is 72.6 Å². The third kappa shape index (κ3) is 3.81. The topological polar surface area (TPSA) is 70.9 Å². The van der Waals surface area contributed by atoms with Crippen molar-refractivity contribution in [1.29, 1.82) is 0 Å². The van der Waals surface area contributed by atoms with Gasteiger partial charge in [0.05, 0.1) is 17.3 Å². The van der Waals surface area contributed by atoms with Crippen LogP contribution in [0.4, 0.5) is 13.2 Å². The lowest BCUT2D eigenvalue weighted by molar-refractivity contribution is -0.122. The molecule has 1 aromatic heterocycles. The lowest BCUT2D eigenvalue weighted by atomic mass is 9.70. The number of aromatic nitrogens is 1. The second-order valence-electron chi connectivity index (χ2n) is 8.02.